The Kier molecular flexibility index (Phi) is 17.6. The number of carbonyl (C=O) groups excluding carboxylic acids is 1. The molecule has 11 atom stereocenters. The maximum absolute atomic E-state index is 10.3. The van der Waals surface area contributed by atoms with Crippen molar-refractivity contribution in [3.63, 3.8) is 0 Å². The van der Waals surface area contributed by atoms with E-state index in [9.17, 15) is 4.79 Å². The van der Waals surface area contributed by atoms with E-state index in [1.807, 2.05) is 0 Å². The van der Waals surface area contributed by atoms with Crippen molar-refractivity contribution < 1.29 is 19.0 Å². The second-order valence-corrected chi connectivity index (χ2v) is 28.5. The van der Waals surface area contributed by atoms with Gasteiger partial charge in [0.05, 0.1) is 32.0 Å². The first kappa shape index (κ1) is 54.1. The zero-order valence-corrected chi connectivity index (χ0v) is 46.4. The number of rotatable bonds is 7. The normalized spacial score (nSPS) is 37.0. The summed E-state index contributed by atoms with van der Waals surface area (Å²) in [7, 11) is 0. The minimum Gasteiger partial charge on any atom is -0.378 e. The second-order valence-electron chi connectivity index (χ2n) is 28.5. The number of aldehydes is 1. The van der Waals surface area contributed by atoms with Crippen LogP contribution in [0, 0.1) is 69.5 Å². The molecule has 4 aliphatic carbocycles. The summed E-state index contributed by atoms with van der Waals surface area (Å²) in [5.41, 5.74) is 1.96. The van der Waals surface area contributed by atoms with Crippen LogP contribution in [0.5, 0.6) is 0 Å². The van der Waals surface area contributed by atoms with E-state index >= 15 is 0 Å². The lowest BCUT2D eigenvalue weighted by Crippen LogP contribution is -2.61. The maximum Gasteiger partial charge on any atom is 0.121 e. The van der Waals surface area contributed by atoms with Gasteiger partial charge in [0.2, 0.25) is 0 Å². The van der Waals surface area contributed by atoms with Gasteiger partial charge in [0.1, 0.15) is 19.7 Å². The molecule has 388 valence electrons. The van der Waals surface area contributed by atoms with E-state index in [4.69, 9.17) is 14.2 Å². The van der Waals surface area contributed by atoms with Crippen molar-refractivity contribution >= 4 is 6.29 Å². The van der Waals surface area contributed by atoms with Crippen LogP contribution in [0.2, 0.25) is 0 Å². The molecule has 8 unspecified atom stereocenters. The molecule has 0 spiro atoms. The number of likely N-dealkylation sites (tertiary alicyclic amines) is 5. The van der Waals surface area contributed by atoms with Gasteiger partial charge in [-0.2, -0.15) is 0 Å². The molecule has 4 saturated carbocycles. The van der Waals surface area contributed by atoms with Gasteiger partial charge < -0.3 is 28.8 Å². The Balaban J connectivity index is 0.000000121. The first-order valence-corrected chi connectivity index (χ1v) is 28.0. The van der Waals surface area contributed by atoms with E-state index in [-0.39, 0.29) is 0 Å². The van der Waals surface area contributed by atoms with Crippen LogP contribution in [0.3, 0.4) is 0 Å². The first-order chi connectivity index (χ1) is 31.3. The molecule has 12 aliphatic rings. The van der Waals surface area contributed by atoms with Crippen molar-refractivity contribution in [3.05, 3.63) is 0 Å². The third-order valence-electron chi connectivity index (χ3n) is 18.7. The highest BCUT2D eigenvalue weighted by atomic mass is 16.5. The largest absolute Gasteiger partial charge is 0.378 e. The molecule has 8 saturated heterocycles. The van der Waals surface area contributed by atoms with Gasteiger partial charge in [0.25, 0.3) is 0 Å². The van der Waals surface area contributed by atoms with Crippen molar-refractivity contribution in [2.75, 3.05) is 98.7 Å². The van der Waals surface area contributed by atoms with E-state index in [0.29, 0.717) is 40.4 Å². The predicted octanol–water partition coefficient (Wildman–Crippen LogP) is 9.17. The molecule has 8 heterocycles. The summed E-state index contributed by atoms with van der Waals surface area (Å²) >= 11 is 0. The zero-order chi connectivity index (χ0) is 48.8. The number of piperidine rings is 2. The maximum atomic E-state index is 10.3. The van der Waals surface area contributed by atoms with Crippen LogP contribution in [0.25, 0.3) is 0 Å². The van der Waals surface area contributed by atoms with E-state index in [1.165, 1.54) is 91.0 Å². The molecule has 67 heavy (non-hydrogen) atoms. The molecule has 12 fully saturated rings. The number of fused-ring (bicyclic) bond motifs is 5. The fraction of sp³-hybridized carbons (Fsp3) is 0.982. The topological polar surface area (TPSA) is 64.2 Å². The standard InChI is InChI=1S/2C12H21NO.C10H19NO.C9H17N.C8H15NO.C6H13N/c1-12(2,3)11-9-4-8(5-10(9)11)13-6-14-7-13;1-12(2,3)11-9-7-13(5-4-6-14)8-10(9)11;1-10(2,3)8-4-11(5-8)9-6-12-7-9;1-9(2,3)10-5-7-4-8(7)6-10;1-6(2)9-4-8-3-7(9)5-10-8;1-6(2)7-4-3-5-7/h8-11H,4-7H2,1-3H3;6,9-11H,4-5,7-8H2,1-3H3;8-9H,4-7H2,1-3H3;7-8H,4-6H2,1-3H3;6-8H,3-5H2,1-2H3;6H,3-5H2,1-2H3/t8?,9-,10?,11?;9-,10?,11?;;;7-,8?;/m11..0./s1. The Hall–Kier alpha value is -0.690. The van der Waals surface area contributed by atoms with Crippen molar-refractivity contribution in [1.29, 1.82) is 0 Å². The van der Waals surface area contributed by atoms with E-state index < -0.39 is 0 Å². The molecule has 0 N–H and O–H groups in total. The molecular weight excluding hydrogens is 833 g/mol. The van der Waals surface area contributed by atoms with Crippen LogP contribution < -0.4 is 0 Å². The summed E-state index contributed by atoms with van der Waals surface area (Å²) < 4.78 is 15.9. The minimum atomic E-state index is 0.424. The highest BCUT2D eigenvalue weighted by Crippen LogP contribution is 2.65. The minimum absolute atomic E-state index is 0.424. The molecule has 10 heteroatoms. The average Bonchev–Trinajstić information content (AvgIpc) is 3.86. The van der Waals surface area contributed by atoms with Gasteiger partial charge in [-0.1, -0.05) is 62.3 Å². The van der Waals surface area contributed by atoms with Crippen molar-refractivity contribution in [1.82, 2.24) is 29.4 Å². The molecule has 2 bridgehead atoms. The molecule has 0 radical (unpaired) electrons. The SMILES string of the molecule is CC(C)(C)C1C2CC(N3COC3)C[C@H]21.CC(C)(C)C1C2CN(CCC=O)C[C@H]21.CC(C)(C)C1CN(C2COC2)C1.CC(C)(C)N1CC2CC2C1.CC(C)N1CC2C[C@H]1CO2.CC(C)N1CCC1. The third-order valence-corrected chi connectivity index (χ3v) is 18.7. The summed E-state index contributed by atoms with van der Waals surface area (Å²) in [5, 5.41) is 0. The van der Waals surface area contributed by atoms with Crippen LogP contribution >= 0.6 is 0 Å². The van der Waals surface area contributed by atoms with Crippen LogP contribution in [0.4, 0.5) is 0 Å². The Morgan fingerprint density at radius 2 is 1.13 bits per heavy atom. The van der Waals surface area contributed by atoms with E-state index in [1.54, 1.807) is 0 Å². The van der Waals surface area contributed by atoms with Gasteiger partial charge in [-0.05, 0) is 163 Å². The van der Waals surface area contributed by atoms with Gasteiger partial charge in [0, 0.05) is 88.5 Å². The van der Waals surface area contributed by atoms with Crippen LogP contribution in [-0.4, -0.2) is 176 Å². The molecule has 0 aromatic carbocycles. The van der Waals surface area contributed by atoms with Gasteiger partial charge in [-0.15, -0.1) is 0 Å². The van der Waals surface area contributed by atoms with Gasteiger partial charge in [-0.25, -0.2) is 0 Å². The molecule has 0 aromatic rings. The Bertz CT molecular complexity index is 1510. The molecule has 8 aliphatic heterocycles. The lowest BCUT2D eigenvalue weighted by atomic mass is 9.75. The average molecular weight is 940 g/mol. The van der Waals surface area contributed by atoms with Crippen LogP contribution in [-0.2, 0) is 19.0 Å². The van der Waals surface area contributed by atoms with Crippen LogP contribution in [0.1, 0.15) is 149 Å². The van der Waals surface area contributed by atoms with Gasteiger partial charge in [-0.3, -0.25) is 19.6 Å². The van der Waals surface area contributed by atoms with Crippen molar-refractivity contribution in [3.8, 4) is 0 Å². The molecule has 12 rings (SSSR count). The van der Waals surface area contributed by atoms with Gasteiger partial charge >= 0.3 is 0 Å². The first-order valence-electron chi connectivity index (χ1n) is 28.0. The Morgan fingerprint density at radius 1 is 0.567 bits per heavy atom. The smallest absolute Gasteiger partial charge is 0.121 e. The Labute approximate surface area is 412 Å². The Morgan fingerprint density at radius 3 is 1.45 bits per heavy atom. The van der Waals surface area contributed by atoms with Crippen LogP contribution in [0.15, 0.2) is 0 Å². The molecule has 0 aromatic heterocycles. The summed E-state index contributed by atoms with van der Waals surface area (Å²) in [4.78, 5) is 25.4. The monoisotopic (exact) mass is 939 g/mol. The fourth-order valence-electron chi connectivity index (χ4n) is 13.8. The van der Waals surface area contributed by atoms with E-state index in [0.717, 1.165) is 124 Å². The number of nitrogens with zero attached hydrogens (tertiary/aromatic N) is 6. The number of ether oxygens (including phenoxy) is 3. The molecular formula is C57H106N6O4. The van der Waals surface area contributed by atoms with Crippen molar-refractivity contribution in [2.24, 2.45) is 69.5 Å². The number of hydrogen-bond donors (Lipinski definition) is 0. The molecule has 0 amide bonds. The third kappa shape index (κ3) is 14.1. The number of carbonyl (C=O) groups is 1. The van der Waals surface area contributed by atoms with Crippen molar-refractivity contribution in [2.45, 2.75) is 191 Å². The lowest BCUT2D eigenvalue weighted by Gasteiger charge is -2.51. The second kappa shape index (κ2) is 21.8. The molecule has 10 nitrogen and oxygen atoms in total. The summed E-state index contributed by atoms with van der Waals surface area (Å²) in [6.07, 6.45) is 9.40. The van der Waals surface area contributed by atoms with Gasteiger partial charge in [0.15, 0.2) is 0 Å². The highest BCUT2D eigenvalue weighted by Gasteiger charge is 2.61. The number of hydrogen-bond acceptors (Lipinski definition) is 10. The highest BCUT2D eigenvalue weighted by molar-refractivity contribution is 5.49. The number of morpholine rings is 1. The lowest BCUT2D eigenvalue weighted by molar-refractivity contribution is -0.166. The predicted molar refractivity (Wildman–Crippen MR) is 276 cm³/mol. The van der Waals surface area contributed by atoms with E-state index in [2.05, 4.69) is 140 Å². The quantitative estimate of drug-likeness (QED) is 0.231. The summed E-state index contributed by atoms with van der Waals surface area (Å²) in [5.74, 6) is 8.97. The summed E-state index contributed by atoms with van der Waals surface area (Å²) in [6.45, 7) is 54.6. The summed E-state index contributed by atoms with van der Waals surface area (Å²) in [6, 6.07) is 3.85. The fourth-order valence-corrected chi connectivity index (χ4v) is 13.8. The zero-order valence-electron chi connectivity index (χ0n) is 46.4.